The van der Waals surface area contributed by atoms with E-state index in [1.165, 1.54) is 25.7 Å². The predicted molar refractivity (Wildman–Crippen MR) is 82.3 cm³/mol. The van der Waals surface area contributed by atoms with Crippen LogP contribution >= 0.6 is 12.2 Å². The van der Waals surface area contributed by atoms with Gasteiger partial charge < -0.3 is 11.1 Å². The lowest BCUT2D eigenvalue weighted by atomic mass is 9.98. The van der Waals surface area contributed by atoms with Gasteiger partial charge in [-0.1, -0.05) is 12.2 Å². The summed E-state index contributed by atoms with van der Waals surface area (Å²) in [5, 5.41) is 3.50. The molecule has 102 valence electrons. The van der Waals surface area contributed by atoms with Crippen molar-refractivity contribution in [2.45, 2.75) is 32.6 Å². The van der Waals surface area contributed by atoms with Crippen molar-refractivity contribution in [1.29, 1.82) is 0 Å². The van der Waals surface area contributed by atoms with Gasteiger partial charge in [-0.3, -0.25) is 0 Å². The number of pyridine rings is 1. The van der Waals surface area contributed by atoms with Crippen molar-refractivity contribution in [2.24, 2.45) is 23.5 Å². The predicted octanol–water partition coefficient (Wildman–Crippen LogP) is 2.87. The molecule has 0 radical (unpaired) electrons. The van der Waals surface area contributed by atoms with Crippen molar-refractivity contribution < 1.29 is 0 Å². The first-order valence-corrected chi connectivity index (χ1v) is 7.56. The van der Waals surface area contributed by atoms with Crippen molar-refractivity contribution in [1.82, 2.24) is 4.98 Å². The van der Waals surface area contributed by atoms with Crippen molar-refractivity contribution >= 4 is 23.0 Å². The van der Waals surface area contributed by atoms with E-state index in [1.54, 1.807) is 0 Å². The Balaban J connectivity index is 1.66. The Morgan fingerprint density at radius 2 is 2.00 bits per heavy atom. The highest BCUT2D eigenvalue weighted by atomic mass is 32.1. The van der Waals surface area contributed by atoms with Crippen LogP contribution < -0.4 is 11.1 Å². The van der Waals surface area contributed by atoms with Crippen LogP contribution in [0.1, 0.15) is 36.9 Å². The lowest BCUT2D eigenvalue weighted by molar-refractivity contribution is 0.427. The van der Waals surface area contributed by atoms with Gasteiger partial charge in [-0.05, 0) is 62.5 Å². The molecule has 3 N–H and O–H groups in total. The number of nitrogens with one attached hydrogen (secondary N) is 1. The fourth-order valence-electron chi connectivity index (χ4n) is 2.89. The van der Waals surface area contributed by atoms with E-state index < -0.39 is 0 Å². The molecule has 2 saturated carbocycles. The summed E-state index contributed by atoms with van der Waals surface area (Å²) in [5.41, 5.74) is 7.56. The van der Waals surface area contributed by atoms with Gasteiger partial charge in [-0.25, -0.2) is 4.98 Å². The van der Waals surface area contributed by atoms with E-state index in [0.29, 0.717) is 4.99 Å². The Labute approximate surface area is 120 Å². The van der Waals surface area contributed by atoms with Gasteiger partial charge in [-0.15, -0.1) is 0 Å². The van der Waals surface area contributed by atoms with Crippen LogP contribution in [0.2, 0.25) is 0 Å². The number of nitrogens with two attached hydrogens (primary N) is 1. The Morgan fingerprint density at radius 3 is 2.53 bits per heavy atom. The molecule has 0 spiro atoms. The van der Waals surface area contributed by atoms with Crippen LogP contribution in [0, 0.1) is 24.7 Å². The van der Waals surface area contributed by atoms with Gasteiger partial charge in [-0.2, -0.15) is 0 Å². The standard InChI is InChI=1S/C15H21N3S/c1-9-6-12(15(16)19)7-14(18-9)17-8-13(10-2-3-10)11-4-5-11/h6-7,10-11,13H,2-5,8H2,1H3,(H2,16,19)(H,17,18). The summed E-state index contributed by atoms with van der Waals surface area (Å²) in [6, 6.07) is 3.90. The molecule has 0 atom stereocenters. The minimum absolute atomic E-state index is 0.439. The third kappa shape index (κ3) is 3.24. The van der Waals surface area contributed by atoms with Crippen molar-refractivity contribution in [2.75, 3.05) is 11.9 Å². The quantitative estimate of drug-likeness (QED) is 0.784. The van der Waals surface area contributed by atoms with Crippen molar-refractivity contribution in [3.63, 3.8) is 0 Å². The number of thiocarbonyl (C=S) groups is 1. The molecule has 3 rings (SSSR count). The molecular weight excluding hydrogens is 254 g/mol. The van der Waals surface area contributed by atoms with E-state index in [9.17, 15) is 0 Å². The smallest absolute Gasteiger partial charge is 0.126 e. The van der Waals surface area contributed by atoms with Crippen LogP contribution in [-0.2, 0) is 0 Å². The van der Waals surface area contributed by atoms with E-state index in [0.717, 1.165) is 41.4 Å². The summed E-state index contributed by atoms with van der Waals surface area (Å²) < 4.78 is 0. The Morgan fingerprint density at radius 1 is 1.37 bits per heavy atom. The number of rotatable bonds is 6. The Kier molecular flexibility index (Phi) is 3.44. The molecule has 0 bridgehead atoms. The van der Waals surface area contributed by atoms with Crippen LogP contribution in [0.5, 0.6) is 0 Å². The van der Waals surface area contributed by atoms with E-state index >= 15 is 0 Å². The molecule has 2 aliphatic rings. The maximum Gasteiger partial charge on any atom is 0.126 e. The Bertz CT molecular complexity index is 480. The van der Waals surface area contributed by atoms with E-state index in [2.05, 4.69) is 10.3 Å². The third-order valence-electron chi connectivity index (χ3n) is 4.21. The molecule has 0 amide bonds. The molecule has 0 aliphatic heterocycles. The molecule has 1 aromatic rings. The second-order valence-corrected chi connectivity index (χ2v) is 6.41. The lowest BCUT2D eigenvalue weighted by Crippen LogP contribution is -2.19. The van der Waals surface area contributed by atoms with Crippen molar-refractivity contribution in [3.05, 3.63) is 23.4 Å². The van der Waals surface area contributed by atoms with Crippen LogP contribution in [0.4, 0.5) is 5.82 Å². The zero-order chi connectivity index (χ0) is 13.4. The summed E-state index contributed by atoms with van der Waals surface area (Å²) >= 11 is 5.04. The van der Waals surface area contributed by atoms with Gasteiger partial charge in [0, 0.05) is 17.8 Å². The van der Waals surface area contributed by atoms with Gasteiger partial charge >= 0.3 is 0 Å². The molecule has 0 saturated heterocycles. The van der Waals surface area contributed by atoms with Crippen molar-refractivity contribution in [3.8, 4) is 0 Å². The molecular formula is C15H21N3S. The van der Waals surface area contributed by atoms with Gasteiger partial charge in [0.2, 0.25) is 0 Å². The molecule has 2 fully saturated rings. The monoisotopic (exact) mass is 275 g/mol. The highest BCUT2D eigenvalue weighted by Crippen LogP contribution is 2.49. The molecule has 4 heteroatoms. The zero-order valence-corrected chi connectivity index (χ0v) is 12.2. The van der Waals surface area contributed by atoms with Gasteiger partial charge in [0.1, 0.15) is 10.8 Å². The molecule has 3 nitrogen and oxygen atoms in total. The summed E-state index contributed by atoms with van der Waals surface area (Å²) in [7, 11) is 0. The second-order valence-electron chi connectivity index (χ2n) is 5.97. The minimum atomic E-state index is 0.439. The number of anilines is 1. The molecule has 0 unspecified atom stereocenters. The van der Waals surface area contributed by atoms with Crippen LogP contribution in [-0.4, -0.2) is 16.5 Å². The third-order valence-corrected chi connectivity index (χ3v) is 4.45. The topological polar surface area (TPSA) is 50.9 Å². The molecule has 19 heavy (non-hydrogen) atoms. The average molecular weight is 275 g/mol. The highest BCUT2D eigenvalue weighted by molar-refractivity contribution is 7.80. The first-order valence-electron chi connectivity index (χ1n) is 7.16. The molecule has 1 heterocycles. The lowest BCUT2D eigenvalue weighted by Gasteiger charge is -2.17. The van der Waals surface area contributed by atoms with Gasteiger partial charge in [0.25, 0.3) is 0 Å². The number of nitrogens with zero attached hydrogens (tertiary/aromatic N) is 1. The Hall–Kier alpha value is -1.16. The summed E-state index contributed by atoms with van der Waals surface area (Å²) in [5.74, 6) is 3.67. The molecule has 1 aromatic heterocycles. The highest BCUT2D eigenvalue weighted by Gasteiger charge is 2.41. The van der Waals surface area contributed by atoms with Crippen LogP contribution in [0.3, 0.4) is 0 Å². The van der Waals surface area contributed by atoms with Gasteiger partial charge in [0.15, 0.2) is 0 Å². The largest absolute Gasteiger partial charge is 0.389 e. The first kappa shape index (κ1) is 12.9. The summed E-state index contributed by atoms with van der Waals surface area (Å²) in [4.78, 5) is 4.96. The second kappa shape index (κ2) is 5.08. The molecule has 2 aliphatic carbocycles. The van der Waals surface area contributed by atoms with E-state index in [-0.39, 0.29) is 0 Å². The van der Waals surface area contributed by atoms with Crippen LogP contribution in [0.25, 0.3) is 0 Å². The number of aromatic nitrogens is 1. The fourth-order valence-corrected chi connectivity index (χ4v) is 3.01. The maximum atomic E-state index is 5.70. The number of hydrogen-bond acceptors (Lipinski definition) is 3. The van der Waals surface area contributed by atoms with Gasteiger partial charge in [0.05, 0.1) is 0 Å². The SMILES string of the molecule is Cc1cc(C(N)=S)cc(NCC(C2CC2)C2CC2)n1. The maximum absolute atomic E-state index is 5.70. The summed E-state index contributed by atoms with van der Waals surface area (Å²) in [6.07, 6.45) is 5.68. The molecule has 0 aromatic carbocycles. The van der Waals surface area contributed by atoms with Crippen LogP contribution in [0.15, 0.2) is 12.1 Å². The number of hydrogen-bond donors (Lipinski definition) is 2. The normalized spacial score (nSPS) is 18.6. The number of aryl methyl sites for hydroxylation is 1. The van der Waals surface area contributed by atoms with E-state index in [1.807, 2.05) is 19.1 Å². The summed E-state index contributed by atoms with van der Waals surface area (Å²) in [6.45, 7) is 3.02. The first-order chi connectivity index (χ1) is 9.13. The minimum Gasteiger partial charge on any atom is -0.389 e. The fraction of sp³-hybridized carbons (Fsp3) is 0.600. The average Bonchev–Trinajstić information content (AvgIpc) is 3.23. The van der Waals surface area contributed by atoms with E-state index in [4.69, 9.17) is 18.0 Å². The zero-order valence-electron chi connectivity index (χ0n) is 11.4.